The third kappa shape index (κ3) is 3.96. The van der Waals surface area contributed by atoms with Crippen molar-refractivity contribution in [3.8, 4) is 0 Å². The Hall–Kier alpha value is -0.440. The van der Waals surface area contributed by atoms with Gasteiger partial charge in [-0.3, -0.25) is 0 Å². The van der Waals surface area contributed by atoms with Crippen molar-refractivity contribution < 1.29 is 55.1 Å². The Bertz CT molecular complexity index is 422. The Morgan fingerprint density at radius 3 is 1.88 bits per heavy atom. The van der Waals surface area contributed by atoms with E-state index in [1.807, 2.05) is 0 Å². The molecule has 8 N–H and O–H groups in total. The van der Waals surface area contributed by atoms with Crippen LogP contribution in [-0.4, -0.2) is 128 Å². The predicted octanol–water partition coefficient (Wildman–Crippen LogP) is -5.31. The maximum atomic E-state index is 10.0. The van der Waals surface area contributed by atoms with Crippen LogP contribution in [0, 0.1) is 0 Å². The van der Waals surface area contributed by atoms with Crippen LogP contribution in [0.25, 0.3) is 0 Å². The van der Waals surface area contributed by atoms with Gasteiger partial charge in [0.2, 0.25) is 0 Å². The van der Waals surface area contributed by atoms with Crippen LogP contribution >= 0.6 is 0 Å². The third-order valence-electron chi connectivity index (χ3n) is 4.70. The lowest BCUT2D eigenvalue weighted by Gasteiger charge is -2.40. The number of ether oxygens (including phenoxy) is 3. The second kappa shape index (κ2) is 8.50. The van der Waals surface area contributed by atoms with Gasteiger partial charge in [-0.1, -0.05) is 0 Å². The van der Waals surface area contributed by atoms with Crippen molar-refractivity contribution in [1.82, 2.24) is 0 Å². The Kier molecular flexibility index (Phi) is 7.09. The fourth-order valence-electron chi connectivity index (χ4n) is 3.06. The van der Waals surface area contributed by atoms with E-state index < -0.39 is 80.9 Å². The van der Waals surface area contributed by atoms with Crippen LogP contribution in [-0.2, 0) is 14.2 Å². The van der Waals surface area contributed by atoms with E-state index in [1.54, 1.807) is 0 Å². The van der Waals surface area contributed by atoms with Crippen LogP contribution in [0.5, 0.6) is 0 Å². The van der Waals surface area contributed by atoms with E-state index in [2.05, 4.69) is 0 Å². The van der Waals surface area contributed by atoms with Gasteiger partial charge in [-0.05, 0) is 0 Å². The zero-order valence-electron chi connectivity index (χ0n) is 13.5. The molecule has 0 aromatic heterocycles. The average Bonchev–Trinajstić information content (AvgIpc) is 2.86. The Morgan fingerprint density at radius 2 is 1.36 bits per heavy atom. The van der Waals surface area contributed by atoms with Crippen LogP contribution in [0.2, 0.25) is 0 Å². The molecule has 5 unspecified atom stereocenters. The highest BCUT2D eigenvalue weighted by molar-refractivity contribution is 5.02. The highest BCUT2D eigenvalue weighted by atomic mass is 16.6. The fraction of sp³-hybridized carbons (Fsp3) is 1.00. The Balaban J connectivity index is 1.94. The van der Waals surface area contributed by atoms with Crippen LogP contribution in [0.4, 0.5) is 0 Å². The van der Waals surface area contributed by atoms with Gasteiger partial charge in [-0.2, -0.15) is 0 Å². The lowest BCUT2D eigenvalue weighted by atomic mass is 9.95. The summed E-state index contributed by atoms with van der Waals surface area (Å²) in [5.74, 6) is 0. The number of aliphatic hydroxyl groups is 8. The molecular formula is C14H26O11. The van der Waals surface area contributed by atoms with Crippen molar-refractivity contribution in [2.24, 2.45) is 0 Å². The monoisotopic (exact) mass is 370 g/mol. The van der Waals surface area contributed by atoms with Gasteiger partial charge >= 0.3 is 0 Å². The van der Waals surface area contributed by atoms with E-state index in [1.165, 1.54) is 0 Å². The molecule has 0 saturated carbocycles. The number of aliphatic hydroxyl groups excluding tert-OH is 8. The second-order valence-corrected chi connectivity index (χ2v) is 6.38. The van der Waals surface area contributed by atoms with E-state index in [0.717, 1.165) is 0 Å². The van der Waals surface area contributed by atoms with E-state index >= 15 is 0 Å². The molecule has 9 atom stereocenters. The molecule has 25 heavy (non-hydrogen) atoms. The summed E-state index contributed by atoms with van der Waals surface area (Å²) in [6, 6.07) is 0. The van der Waals surface area contributed by atoms with E-state index in [-0.39, 0.29) is 6.61 Å². The molecule has 2 aliphatic heterocycles. The first-order valence-corrected chi connectivity index (χ1v) is 7.95. The second-order valence-electron chi connectivity index (χ2n) is 6.38. The molecule has 11 heteroatoms. The SMILES string of the molecule is OCC1O[C@@H](COC[C@]2(CO)O[C@@H](CO)C(O)C2O)C(O)C(O)[C@H]1O. The molecule has 0 aromatic carbocycles. The largest absolute Gasteiger partial charge is 0.394 e. The summed E-state index contributed by atoms with van der Waals surface area (Å²) in [6.45, 7) is -2.54. The normalized spacial score (nSPS) is 48.0. The van der Waals surface area contributed by atoms with Crippen molar-refractivity contribution >= 4 is 0 Å². The third-order valence-corrected chi connectivity index (χ3v) is 4.70. The van der Waals surface area contributed by atoms with Gasteiger partial charge in [-0.25, -0.2) is 0 Å². The molecule has 2 aliphatic rings. The van der Waals surface area contributed by atoms with Gasteiger partial charge in [-0.15, -0.1) is 0 Å². The number of hydrogen-bond donors (Lipinski definition) is 8. The topological polar surface area (TPSA) is 190 Å². The van der Waals surface area contributed by atoms with Crippen molar-refractivity contribution in [3.63, 3.8) is 0 Å². The summed E-state index contributed by atoms with van der Waals surface area (Å²) >= 11 is 0. The maximum absolute atomic E-state index is 10.0. The maximum Gasteiger partial charge on any atom is 0.143 e. The highest BCUT2D eigenvalue weighted by Crippen LogP contribution is 2.32. The van der Waals surface area contributed by atoms with Gasteiger partial charge < -0.3 is 55.1 Å². The van der Waals surface area contributed by atoms with Crippen LogP contribution in [0.15, 0.2) is 0 Å². The zero-order valence-corrected chi connectivity index (χ0v) is 13.5. The summed E-state index contributed by atoms with van der Waals surface area (Å²) in [5, 5.41) is 76.9. The van der Waals surface area contributed by atoms with Gasteiger partial charge in [0, 0.05) is 0 Å². The highest BCUT2D eigenvalue weighted by Gasteiger charge is 2.54. The number of rotatable bonds is 7. The van der Waals surface area contributed by atoms with Crippen molar-refractivity contribution in [1.29, 1.82) is 0 Å². The molecule has 0 amide bonds. The molecule has 0 aliphatic carbocycles. The summed E-state index contributed by atoms with van der Waals surface area (Å²) in [7, 11) is 0. The summed E-state index contributed by atoms with van der Waals surface area (Å²) in [6.07, 6.45) is -10.7. The molecule has 2 rings (SSSR count). The smallest absolute Gasteiger partial charge is 0.143 e. The fourth-order valence-corrected chi connectivity index (χ4v) is 3.06. The summed E-state index contributed by atoms with van der Waals surface area (Å²) < 4.78 is 15.9. The minimum Gasteiger partial charge on any atom is -0.394 e. The predicted molar refractivity (Wildman–Crippen MR) is 78.4 cm³/mol. The summed E-state index contributed by atoms with van der Waals surface area (Å²) in [5.41, 5.74) is -1.67. The van der Waals surface area contributed by atoms with Gasteiger partial charge in [0.1, 0.15) is 54.4 Å². The van der Waals surface area contributed by atoms with E-state index in [0.29, 0.717) is 0 Å². The first-order valence-electron chi connectivity index (χ1n) is 7.95. The van der Waals surface area contributed by atoms with Crippen LogP contribution in [0.3, 0.4) is 0 Å². The lowest BCUT2D eigenvalue weighted by Crippen LogP contribution is -2.60. The molecule has 2 saturated heterocycles. The minimum atomic E-state index is -1.67. The molecular weight excluding hydrogens is 344 g/mol. The van der Waals surface area contributed by atoms with Gasteiger partial charge in [0.05, 0.1) is 33.0 Å². The molecule has 148 valence electrons. The standard InChI is InChI=1S/C14H26O11/c15-1-6-9(18)12(21)10(19)8(24-6)3-23-5-14(4-17)13(22)11(20)7(2-16)25-14/h6-13,15-22H,1-5H2/t6?,7-,8-,9-,10?,11?,12?,13?,14-/m0/s1. The molecule has 2 fully saturated rings. The quantitative estimate of drug-likeness (QED) is 0.214. The summed E-state index contributed by atoms with van der Waals surface area (Å²) in [4.78, 5) is 0. The number of hydrogen-bond acceptors (Lipinski definition) is 11. The molecule has 0 bridgehead atoms. The van der Waals surface area contributed by atoms with Crippen LogP contribution < -0.4 is 0 Å². The van der Waals surface area contributed by atoms with Gasteiger partial charge in [0.25, 0.3) is 0 Å². The first-order chi connectivity index (χ1) is 11.8. The Morgan fingerprint density at radius 1 is 0.760 bits per heavy atom. The van der Waals surface area contributed by atoms with Crippen molar-refractivity contribution in [2.75, 3.05) is 33.0 Å². The zero-order chi connectivity index (χ0) is 18.8. The molecule has 11 nitrogen and oxygen atoms in total. The molecule has 0 aromatic rings. The Labute approximate surface area is 143 Å². The lowest BCUT2D eigenvalue weighted by molar-refractivity contribution is -0.244. The molecule has 0 radical (unpaired) electrons. The molecule has 2 heterocycles. The minimum absolute atomic E-state index is 0.306. The molecule has 0 spiro atoms. The van der Waals surface area contributed by atoms with E-state index in [4.69, 9.17) is 24.4 Å². The van der Waals surface area contributed by atoms with Crippen molar-refractivity contribution in [3.05, 3.63) is 0 Å². The van der Waals surface area contributed by atoms with Crippen LogP contribution in [0.1, 0.15) is 0 Å². The van der Waals surface area contributed by atoms with E-state index in [9.17, 15) is 30.6 Å². The van der Waals surface area contributed by atoms with Gasteiger partial charge in [0.15, 0.2) is 0 Å². The average molecular weight is 370 g/mol. The first kappa shape index (κ1) is 20.9. The van der Waals surface area contributed by atoms with Crippen molar-refractivity contribution in [2.45, 2.75) is 54.4 Å².